The lowest BCUT2D eigenvalue weighted by atomic mass is 9.96. The van der Waals surface area contributed by atoms with E-state index in [9.17, 15) is 14.7 Å². The quantitative estimate of drug-likeness (QED) is 0.332. The maximum absolute atomic E-state index is 12.9. The van der Waals surface area contributed by atoms with Crippen molar-refractivity contribution in [1.82, 2.24) is 14.8 Å². The van der Waals surface area contributed by atoms with Crippen molar-refractivity contribution >= 4 is 11.8 Å². The van der Waals surface area contributed by atoms with E-state index < -0.39 is 5.97 Å². The second-order valence-corrected chi connectivity index (χ2v) is 8.37. The van der Waals surface area contributed by atoms with E-state index in [4.69, 9.17) is 0 Å². The molecule has 0 fully saturated rings. The van der Waals surface area contributed by atoms with Crippen LogP contribution >= 0.6 is 0 Å². The zero-order valence-electron chi connectivity index (χ0n) is 19.3. The summed E-state index contributed by atoms with van der Waals surface area (Å²) in [6.45, 7) is 4.09. The number of hydrogen-bond acceptors (Lipinski definition) is 4. The van der Waals surface area contributed by atoms with Crippen molar-refractivity contribution in [3.63, 3.8) is 0 Å². The molecule has 4 rings (SSSR count). The van der Waals surface area contributed by atoms with Gasteiger partial charge < -0.3 is 5.11 Å². The average Bonchev–Trinajstić information content (AvgIpc) is 3.28. The minimum absolute atomic E-state index is 0.0586. The average molecular weight is 454 g/mol. The molecule has 0 saturated carbocycles. The molecule has 1 unspecified atom stereocenters. The summed E-state index contributed by atoms with van der Waals surface area (Å²) in [5, 5.41) is 14.4. The third kappa shape index (κ3) is 5.12. The Morgan fingerprint density at radius 1 is 0.941 bits per heavy atom. The first kappa shape index (κ1) is 23.1. The summed E-state index contributed by atoms with van der Waals surface area (Å²) in [5.74, 6) is -0.281. The van der Waals surface area contributed by atoms with Crippen LogP contribution in [0, 0.1) is 0 Å². The molecule has 1 N–H and O–H groups in total. The van der Waals surface area contributed by atoms with Crippen molar-refractivity contribution in [3.05, 3.63) is 107 Å². The van der Waals surface area contributed by atoms with E-state index in [1.54, 1.807) is 10.7 Å². The first-order valence-electron chi connectivity index (χ1n) is 11.4. The lowest BCUT2D eigenvalue weighted by Gasteiger charge is -2.13. The molecule has 0 amide bonds. The normalized spacial score (nSPS) is 11.8. The van der Waals surface area contributed by atoms with Crippen LogP contribution in [0.5, 0.6) is 0 Å². The highest BCUT2D eigenvalue weighted by molar-refractivity contribution is 5.96. The number of benzene rings is 3. The summed E-state index contributed by atoms with van der Waals surface area (Å²) in [4.78, 5) is 29.5. The maximum atomic E-state index is 12.9. The molecule has 0 saturated heterocycles. The number of ketones is 1. The van der Waals surface area contributed by atoms with Crippen molar-refractivity contribution in [2.75, 3.05) is 0 Å². The molecule has 34 heavy (non-hydrogen) atoms. The predicted octanol–water partition coefficient (Wildman–Crippen LogP) is 5.63. The van der Waals surface area contributed by atoms with Gasteiger partial charge in [-0.2, -0.15) is 0 Å². The van der Waals surface area contributed by atoms with Gasteiger partial charge in [-0.3, -0.25) is 4.79 Å². The number of aromatic carboxylic acids is 1. The Morgan fingerprint density at radius 2 is 1.62 bits per heavy atom. The summed E-state index contributed by atoms with van der Waals surface area (Å²) in [6, 6.07) is 24.5. The Labute approximate surface area is 198 Å². The van der Waals surface area contributed by atoms with Gasteiger partial charge in [0.15, 0.2) is 0 Å². The van der Waals surface area contributed by atoms with Crippen molar-refractivity contribution in [2.24, 2.45) is 0 Å². The first-order valence-corrected chi connectivity index (χ1v) is 11.4. The smallest absolute Gasteiger partial charge is 0.336 e. The monoisotopic (exact) mass is 453 g/mol. The Hall–Kier alpha value is -4.06. The molecular formula is C28H27N3O3. The highest BCUT2D eigenvalue weighted by Gasteiger charge is 2.20. The van der Waals surface area contributed by atoms with Gasteiger partial charge in [-0.15, -0.1) is 5.10 Å². The van der Waals surface area contributed by atoms with Crippen LogP contribution in [0.1, 0.15) is 64.2 Å². The number of carbonyl (C=O) groups excluding carboxylic acids is 1. The van der Waals surface area contributed by atoms with Gasteiger partial charge in [0, 0.05) is 12.8 Å². The van der Waals surface area contributed by atoms with E-state index >= 15 is 0 Å². The van der Waals surface area contributed by atoms with E-state index in [0.29, 0.717) is 17.8 Å². The Balaban J connectivity index is 1.65. The van der Waals surface area contributed by atoms with E-state index in [0.717, 1.165) is 23.1 Å². The summed E-state index contributed by atoms with van der Waals surface area (Å²) in [6.07, 6.45) is 1.45. The number of carbonyl (C=O) groups is 2. The minimum atomic E-state index is -0.983. The molecule has 0 bridgehead atoms. The molecule has 172 valence electrons. The predicted molar refractivity (Wildman–Crippen MR) is 131 cm³/mol. The largest absolute Gasteiger partial charge is 0.478 e. The highest BCUT2D eigenvalue weighted by atomic mass is 16.4. The lowest BCUT2D eigenvalue weighted by molar-refractivity contribution is 0.0697. The van der Waals surface area contributed by atoms with Gasteiger partial charge in [0.25, 0.3) is 0 Å². The molecule has 1 atom stereocenters. The van der Waals surface area contributed by atoms with Gasteiger partial charge in [-0.1, -0.05) is 79.7 Å². The van der Waals surface area contributed by atoms with Crippen molar-refractivity contribution in [3.8, 4) is 11.1 Å². The number of Topliss-reactive ketones (excluding diaryl/α,β-unsaturated/α-hetero) is 1. The van der Waals surface area contributed by atoms with Crippen LogP contribution in [0.4, 0.5) is 0 Å². The summed E-state index contributed by atoms with van der Waals surface area (Å²) in [7, 11) is 0. The molecule has 4 aromatic rings. The first-order chi connectivity index (χ1) is 16.5. The molecule has 0 aliphatic rings. The van der Waals surface area contributed by atoms with Crippen LogP contribution in [0.3, 0.4) is 0 Å². The minimum Gasteiger partial charge on any atom is -0.478 e. The van der Waals surface area contributed by atoms with Crippen LogP contribution in [0.2, 0.25) is 0 Å². The molecule has 0 aliphatic carbocycles. The highest BCUT2D eigenvalue weighted by Crippen LogP contribution is 2.26. The zero-order valence-corrected chi connectivity index (χ0v) is 19.3. The number of nitrogens with zero attached hydrogens (tertiary/aromatic N) is 3. The molecule has 1 heterocycles. The summed E-state index contributed by atoms with van der Waals surface area (Å²) < 4.78 is 1.80. The number of rotatable bonds is 9. The number of carboxylic acids is 1. The van der Waals surface area contributed by atoms with Crippen LogP contribution in [-0.4, -0.2) is 31.6 Å². The fourth-order valence-corrected chi connectivity index (χ4v) is 3.91. The molecule has 1 aromatic heterocycles. The van der Waals surface area contributed by atoms with Gasteiger partial charge in [0.1, 0.15) is 5.82 Å². The maximum Gasteiger partial charge on any atom is 0.336 e. The Morgan fingerprint density at radius 3 is 2.26 bits per heavy atom. The standard InChI is InChI=1S/C28H27N3O3/c1-3-19(2)31-26(29-27(30-31)25(32)17-20-10-6-4-7-11-20)18-21-14-15-23(24(16-21)28(33)34)22-12-8-5-9-13-22/h4-16,19H,3,17-18H2,1-2H3,(H,33,34). The van der Waals surface area contributed by atoms with Crippen LogP contribution in [0.15, 0.2) is 78.9 Å². The lowest BCUT2D eigenvalue weighted by Crippen LogP contribution is -2.12. The van der Waals surface area contributed by atoms with Gasteiger partial charge in [-0.25, -0.2) is 14.5 Å². The molecule has 3 aromatic carbocycles. The van der Waals surface area contributed by atoms with Crippen LogP contribution in [-0.2, 0) is 12.8 Å². The topological polar surface area (TPSA) is 85.1 Å². The number of hydrogen-bond donors (Lipinski definition) is 1. The van der Waals surface area contributed by atoms with Crippen LogP contribution in [0.25, 0.3) is 11.1 Å². The van der Waals surface area contributed by atoms with Gasteiger partial charge in [0.05, 0.1) is 11.6 Å². The third-order valence-corrected chi connectivity index (χ3v) is 5.93. The Bertz CT molecular complexity index is 1300. The third-order valence-electron chi connectivity index (χ3n) is 5.93. The molecule has 6 heteroatoms. The molecular weight excluding hydrogens is 426 g/mol. The number of carboxylic acid groups (broad SMARTS) is 1. The van der Waals surface area contributed by atoms with E-state index in [-0.39, 0.29) is 29.6 Å². The second-order valence-electron chi connectivity index (χ2n) is 8.37. The zero-order chi connectivity index (χ0) is 24.1. The van der Waals surface area contributed by atoms with E-state index in [1.807, 2.05) is 79.7 Å². The van der Waals surface area contributed by atoms with Crippen LogP contribution < -0.4 is 0 Å². The van der Waals surface area contributed by atoms with Crippen molar-refractivity contribution < 1.29 is 14.7 Å². The molecule has 0 spiro atoms. The van der Waals surface area contributed by atoms with Crippen molar-refractivity contribution in [2.45, 2.75) is 39.2 Å². The molecule has 0 radical (unpaired) electrons. The fourth-order valence-electron chi connectivity index (χ4n) is 3.91. The van der Waals surface area contributed by atoms with E-state index in [2.05, 4.69) is 17.0 Å². The SMILES string of the molecule is CCC(C)n1nc(C(=O)Cc2ccccc2)nc1Cc1ccc(-c2ccccc2)c(C(=O)O)c1. The molecule has 6 nitrogen and oxygen atoms in total. The van der Waals surface area contributed by atoms with Gasteiger partial charge in [0.2, 0.25) is 11.6 Å². The number of aromatic nitrogens is 3. The second kappa shape index (κ2) is 10.3. The fraction of sp³-hybridized carbons (Fsp3) is 0.214. The van der Waals surface area contributed by atoms with Gasteiger partial charge >= 0.3 is 5.97 Å². The summed E-state index contributed by atoms with van der Waals surface area (Å²) >= 11 is 0. The van der Waals surface area contributed by atoms with Crippen molar-refractivity contribution in [1.29, 1.82) is 0 Å². The molecule has 0 aliphatic heterocycles. The van der Waals surface area contributed by atoms with Gasteiger partial charge in [-0.05, 0) is 41.7 Å². The summed E-state index contributed by atoms with van der Waals surface area (Å²) in [5.41, 5.74) is 3.47. The Kier molecular flexibility index (Phi) is 6.97. The van der Waals surface area contributed by atoms with E-state index in [1.165, 1.54) is 0 Å².